The van der Waals surface area contributed by atoms with Crippen LogP contribution in [0.1, 0.15) is 0 Å². The average Bonchev–Trinajstić information content (AvgIpc) is 1.88. The Bertz CT molecular complexity index is 188. The van der Waals surface area contributed by atoms with Crippen LogP contribution >= 0.6 is 0 Å². The van der Waals surface area contributed by atoms with E-state index < -0.39 is 5.97 Å². The summed E-state index contributed by atoms with van der Waals surface area (Å²) in [6.45, 7) is 0. The van der Waals surface area contributed by atoms with E-state index in [1.807, 2.05) is 0 Å². The second-order valence-electron chi connectivity index (χ2n) is 1.91. The predicted octanol–water partition coefficient (Wildman–Crippen LogP) is -1.32. The maximum Gasteiger partial charge on any atom is 0.298 e. The third-order valence-electron chi connectivity index (χ3n) is 1.15. The van der Waals surface area contributed by atoms with Gasteiger partial charge in [-0.2, -0.15) is 4.99 Å². The summed E-state index contributed by atoms with van der Waals surface area (Å²) in [6, 6.07) is 0. The molecule has 1 aliphatic rings. The van der Waals surface area contributed by atoms with Gasteiger partial charge in [0.2, 0.25) is 0 Å². The number of nitrogens with zero attached hydrogens (tertiary/aromatic N) is 1. The number of nitrogens with two attached hydrogens (primary N) is 2. The number of nitrogens with one attached hydrogen (secondary N) is 1. The van der Waals surface area contributed by atoms with Gasteiger partial charge in [0.25, 0.3) is 5.97 Å². The summed E-state index contributed by atoms with van der Waals surface area (Å²) < 4.78 is 4.80. The lowest BCUT2D eigenvalue weighted by Crippen LogP contribution is -2.53. The first-order valence-corrected chi connectivity index (χ1v) is 2.80. The summed E-state index contributed by atoms with van der Waals surface area (Å²) in [5.41, 5.74) is 10.8. The van der Waals surface area contributed by atoms with Crippen LogP contribution in [0.2, 0.25) is 0 Å². The lowest BCUT2D eigenvalue weighted by atomic mass is 10.5. The van der Waals surface area contributed by atoms with Gasteiger partial charge in [-0.15, -0.1) is 0 Å². The number of hydrogen-bond donors (Lipinski definition) is 3. The van der Waals surface area contributed by atoms with Crippen molar-refractivity contribution in [1.82, 2.24) is 5.32 Å². The zero-order chi connectivity index (χ0) is 7.61. The standard InChI is InChI=1S/C5H10N4O/c1-10-5(7)8-3-2-4(6)9-5/h2-3,8H,7H2,1H3,(H2,6,9). The second-order valence-corrected chi connectivity index (χ2v) is 1.91. The topological polar surface area (TPSA) is 85.7 Å². The fourth-order valence-electron chi connectivity index (χ4n) is 0.612. The molecule has 0 fully saturated rings. The molecule has 10 heavy (non-hydrogen) atoms. The van der Waals surface area contributed by atoms with E-state index in [0.29, 0.717) is 5.84 Å². The zero-order valence-electron chi connectivity index (χ0n) is 5.66. The maximum absolute atomic E-state index is 5.50. The summed E-state index contributed by atoms with van der Waals surface area (Å²) in [6.07, 6.45) is 3.19. The SMILES string of the molecule is COC1(N)N=C(N)C=CN1. The molecule has 5 heteroatoms. The van der Waals surface area contributed by atoms with Crippen LogP contribution in [0.25, 0.3) is 0 Å². The Labute approximate surface area is 58.7 Å². The van der Waals surface area contributed by atoms with E-state index in [2.05, 4.69) is 10.3 Å². The predicted molar refractivity (Wildman–Crippen MR) is 37.8 cm³/mol. The molecule has 1 atom stereocenters. The maximum atomic E-state index is 5.50. The Balaban J connectivity index is 2.76. The zero-order valence-corrected chi connectivity index (χ0v) is 5.66. The summed E-state index contributed by atoms with van der Waals surface area (Å²) in [4.78, 5) is 3.78. The smallest absolute Gasteiger partial charge is 0.298 e. The highest BCUT2D eigenvalue weighted by molar-refractivity contribution is 5.92. The monoisotopic (exact) mass is 142 g/mol. The Morgan fingerprint density at radius 3 is 2.90 bits per heavy atom. The summed E-state index contributed by atoms with van der Waals surface area (Å²) in [7, 11) is 1.45. The molecule has 0 aliphatic carbocycles. The van der Waals surface area contributed by atoms with Crippen LogP contribution in [-0.2, 0) is 4.74 Å². The molecule has 5 N–H and O–H groups in total. The molecule has 56 valence electrons. The number of aliphatic imine (C=N–C) groups is 1. The van der Waals surface area contributed by atoms with E-state index in [9.17, 15) is 0 Å². The second kappa shape index (κ2) is 2.28. The molecule has 0 radical (unpaired) electrons. The summed E-state index contributed by atoms with van der Waals surface area (Å²) in [5.74, 6) is -0.832. The van der Waals surface area contributed by atoms with E-state index in [-0.39, 0.29) is 0 Å². The first kappa shape index (κ1) is 7.04. The van der Waals surface area contributed by atoms with Crippen molar-refractivity contribution in [1.29, 1.82) is 0 Å². The van der Waals surface area contributed by atoms with Crippen molar-refractivity contribution in [2.24, 2.45) is 16.5 Å². The Morgan fingerprint density at radius 2 is 2.50 bits per heavy atom. The largest absolute Gasteiger partial charge is 0.384 e. The van der Waals surface area contributed by atoms with Crippen LogP contribution in [0, 0.1) is 0 Å². The van der Waals surface area contributed by atoms with Gasteiger partial charge in [0.05, 0.1) is 0 Å². The van der Waals surface area contributed by atoms with Crippen molar-refractivity contribution in [3.8, 4) is 0 Å². The third-order valence-corrected chi connectivity index (χ3v) is 1.15. The molecule has 1 unspecified atom stereocenters. The van der Waals surface area contributed by atoms with Gasteiger partial charge in [-0.1, -0.05) is 0 Å². The number of amidine groups is 1. The molecule has 0 spiro atoms. The number of hydrogen-bond acceptors (Lipinski definition) is 5. The minimum atomic E-state index is -1.18. The molecular weight excluding hydrogens is 132 g/mol. The molecule has 0 amide bonds. The summed E-state index contributed by atoms with van der Waals surface area (Å²) >= 11 is 0. The molecule has 1 rings (SSSR count). The van der Waals surface area contributed by atoms with Gasteiger partial charge < -0.3 is 15.8 Å². The minimum absolute atomic E-state index is 0.350. The fourth-order valence-corrected chi connectivity index (χ4v) is 0.612. The summed E-state index contributed by atoms with van der Waals surface area (Å²) in [5, 5.41) is 2.68. The van der Waals surface area contributed by atoms with E-state index in [4.69, 9.17) is 16.2 Å². The van der Waals surface area contributed by atoms with Crippen molar-refractivity contribution in [2.45, 2.75) is 5.97 Å². The molecular formula is C5H10N4O. The van der Waals surface area contributed by atoms with Gasteiger partial charge in [0.1, 0.15) is 5.84 Å². The van der Waals surface area contributed by atoms with Gasteiger partial charge in [-0.05, 0) is 6.08 Å². The van der Waals surface area contributed by atoms with E-state index in [1.165, 1.54) is 7.11 Å². The normalized spacial score (nSPS) is 31.2. The average molecular weight is 142 g/mol. The lowest BCUT2D eigenvalue weighted by molar-refractivity contribution is -0.0164. The molecule has 0 saturated carbocycles. The number of ether oxygens (including phenoxy) is 1. The van der Waals surface area contributed by atoms with Gasteiger partial charge >= 0.3 is 0 Å². The van der Waals surface area contributed by atoms with Crippen molar-refractivity contribution >= 4 is 5.84 Å². The highest BCUT2D eigenvalue weighted by atomic mass is 16.5. The van der Waals surface area contributed by atoms with Crippen LogP contribution in [0.3, 0.4) is 0 Å². The van der Waals surface area contributed by atoms with Crippen LogP contribution in [-0.4, -0.2) is 18.9 Å². The molecule has 1 heterocycles. The highest BCUT2D eigenvalue weighted by Gasteiger charge is 2.22. The van der Waals surface area contributed by atoms with Crippen LogP contribution in [0.15, 0.2) is 17.3 Å². The van der Waals surface area contributed by atoms with Crippen molar-refractivity contribution in [3.05, 3.63) is 12.3 Å². The fraction of sp³-hybridized carbons (Fsp3) is 0.400. The van der Waals surface area contributed by atoms with Gasteiger partial charge in [0, 0.05) is 13.3 Å². The quantitative estimate of drug-likeness (QED) is 0.396. The van der Waals surface area contributed by atoms with Crippen molar-refractivity contribution < 1.29 is 4.74 Å². The van der Waals surface area contributed by atoms with Crippen LogP contribution in [0.4, 0.5) is 0 Å². The molecule has 0 aromatic carbocycles. The van der Waals surface area contributed by atoms with Crippen LogP contribution in [0.5, 0.6) is 0 Å². The lowest BCUT2D eigenvalue weighted by Gasteiger charge is -2.25. The van der Waals surface area contributed by atoms with Crippen molar-refractivity contribution in [3.63, 3.8) is 0 Å². The molecule has 0 aromatic rings. The van der Waals surface area contributed by atoms with E-state index >= 15 is 0 Å². The molecule has 0 saturated heterocycles. The highest BCUT2D eigenvalue weighted by Crippen LogP contribution is 2.02. The van der Waals surface area contributed by atoms with Gasteiger partial charge in [-0.25, -0.2) is 0 Å². The van der Waals surface area contributed by atoms with Gasteiger partial charge in [-0.3, -0.25) is 5.73 Å². The molecule has 0 aromatic heterocycles. The third kappa shape index (κ3) is 1.26. The minimum Gasteiger partial charge on any atom is -0.384 e. The molecule has 5 nitrogen and oxygen atoms in total. The van der Waals surface area contributed by atoms with Crippen LogP contribution < -0.4 is 16.8 Å². The Morgan fingerprint density at radius 1 is 1.80 bits per heavy atom. The first-order chi connectivity index (χ1) is 4.66. The number of methoxy groups -OCH3 is 1. The Hall–Kier alpha value is -1.07. The van der Waals surface area contributed by atoms with E-state index in [0.717, 1.165) is 0 Å². The van der Waals surface area contributed by atoms with E-state index in [1.54, 1.807) is 12.3 Å². The number of rotatable bonds is 1. The van der Waals surface area contributed by atoms with Gasteiger partial charge in [0.15, 0.2) is 0 Å². The van der Waals surface area contributed by atoms with Crippen molar-refractivity contribution in [2.75, 3.05) is 7.11 Å². The molecule has 0 bridgehead atoms. The molecule has 1 aliphatic heterocycles. The Kier molecular flexibility index (Phi) is 1.60. The first-order valence-electron chi connectivity index (χ1n) is 2.80.